The second kappa shape index (κ2) is 3.66. The van der Waals surface area contributed by atoms with Gasteiger partial charge in [0, 0.05) is 13.1 Å². The van der Waals surface area contributed by atoms with Gasteiger partial charge >= 0.3 is 0 Å². The van der Waals surface area contributed by atoms with Gasteiger partial charge < -0.3 is 10.6 Å². The van der Waals surface area contributed by atoms with Crippen molar-refractivity contribution in [3.8, 4) is 0 Å². The molecule has 0 spiro atoms. The molecule has 0 atom stereocenters. The van der Waals surface area contributed by atoms with Crippen molar-refractivity contribution in [1.29, 1.82) is 0 Å². The number of amides is 2. The smallest absolute Gasteiger partial charge is 0.270 e. The fourth-order valence-corrected chi connectivity index (χ4v) is 0.725. The summed E-state index contributed by atoms with van der Waals surface area (Å²) in [5, 5.41) is 4.88. The Kier molecular flexibility index (Phi) is 2.57. The van der Waals surface area contributed by atoms with Crippen LogP contribution in [0.3, 0.4) is 0 Å². The Morgan fingerprint density at radius 2 is 2.50 bits per heavy atom. The molecular formula is C7H9N3O2. The Hall–Kier alpha value is -1.65. The summed E-state index contributed by atoms with van der Waals surface area (Å²) in [6, 6.07) is 0. The van der Waals surface area contributed by atoms with E-state index in [4.69, 9.17) is 0 Å². The molecule has 0 saturated carbocycles. The van der Waals surface area contributed by atoms with Gasteiger partial charge in [-0.05, 0) is 6.08 Å². The van der Waals surface area contributed by atoms with Gasteiger partial charge in [0.15, 0.2) is 0 Å². The highest BCUT2D eigenvalue weighted by Crippen LogP contribution is 1.90. The molecule has 1 rings (SSSR count). The largest absolute Gasteiger partial charge is 0.356 e. The minimum absolute atomic E-state index is 0.241. The van der Waals surface area contributed by atoms with Gasteiger partial charge in [-0.1, -0.05) is 0 Å². The van der Waals surface area contributed by atoms with E-state index in [1.54, 1.807) is 0 Å². The van der Waals surface area contributed by atoms with Crippen molar-refractivity contribution in [3.05, 3.63) is 12.2 Å². The van der Waals surface area contributed by atoms with Gasteiger partial charge in [-0.2, -0.15) is 0 Å². The molecule has 5 heteroatoms. The predicted octanol–water partition coefficient (Wildman–Crippen LogP) is -1.18. The third kappa shape index (κ3) is 1.91. The summed E-state index contributed by atoms with van der Waals surface area (Å²) in [5.41, 5.74) is 0.290. The molecule has 0 radical (unpaired) electrons. The van der Waals surface area contributed by atoms with Crippen LogP contribution in [0.2, 0.25) is 0 Å². The summed E-state index contributed by atoms with van der Waals surface area (Å²) in [4.78, 5) is 25.4. The highest BCUT2D eigenvalue weighted by Gasteiger charge is 2.12. The van der Waals surface area contributed by atoms with E-state index in [-0.39, 0.29) is 11.8 Å². The van der Waals surface area contributed by atoms with E-state index in [1.807, 2.05) is 0 Å². The van der Waals surface area contributed by atoms with Gasteiger partial charge in [-0.15, -0.1) is 0 Å². The van der Waals surface area contributed by atoms with Gasteiger partial charge in [-0.25, -0.2) is 0 Å². The molecule has 1 aliphatic heterocycles. The van der Waals surface area contributed by atoms with Crippen LogP contribution in [0, 0.1) is 0 Å². The minimum Gasteiger partial charge on any atom is -0.356 e. The number of hydrogen-bond donors (Lipinski definition) is 2. The molecule has 1 aliphatic rings. The van der Waals surface area contributed by atoms with Crippen LogP contribution in [0.15, 0.2) is 17.1 Å². The fourth-order valence-electron chi connectivity index (χ4n) is 0.725. The number of hydrogen-bond acceptors (Lipinski definition) is 3. The molecule has 0 bridgehead atoms. The minimum atomic E-state index is -0.252. The average molecular weight is 167 g/mol. The van der Waals surface area contributed by atoms with Crippen LogP contribution in [0.4, 0.5) is 0 Å². The second-order valence-corrected chi connectivity index (χ2v) is 2.15. The Labute approximate surface area is 69.6 Å². The Morgan fingerprint density at radius 1 is 1.75 bits per heavy atom. The number of likely N-dealkylation sites (N-methyl/N-ethyl adjacent to an activating group) is 1. The number of rotatable bonds is 2. The van der Waals surface area contributed by atoms with E-state index < -0.39 is 0 Å². The highest BCUT2D eigenvalue weighted by molar-refractivity contribution is 6.44. The van der Waals surface area contributed by atoms with Crippen molar-refractivity contribution < 1.29 is 9.59 Å². The maximum Gasteiger partial charge on any atom is 0.270 e. The van der Waals surface area contributed by atoms with Gasteiger partial charge in [0.1, 0.15) is 12.4 Å². The maximum atomic E-state index is 10.9. The van der Waals surface area contributed by atoms with E-state index in [0.29, 0.717) is 12.4 Å². The first kappa shape index (κ1) is 8.45. The Morgan fingerprint density at radius 3 is 3.00 bits per heavy atom. The van der Waals surface area contributed by atoms with Crippen molar-refractivity contribution in [2.75, 3.05) is 13.7 Å². The molecule has 0 saturated heterocycles. The first-order valence-electron chi connectivity index (χ1n) is 3.46. The standard InChI is InChI=1S/C7H9N3O2/c1-8-6(11)3-2-5-7(12)10-4-9-5/h2-3H,4H2,1H3,(H,8,11)(H,10,12)/b3-2+. The summed E-state index contributed by atoms with van der Waals surface area (Å²) in [7, 11) is 1.52. The van der Waals surface area contributed by atoms with Crippen LogP contribution in [-0.4, -0.2) is 31.2 Å². The normalized spacial score (nSPS) is 16.1. The van der Waals surface area contributed by atoms with Crippen LogP contribution < -0.4 is 10.6 Å². The van der Waals surface area contributed by atoms with Crippen molar-refractivity contribution in [3.63, 3.8) is 0 Å². The van der Waals surface area contributed by atoms with E-state index in [1.165, 1.54) is 19.2 Å². The predicted molar refractivity (Wildman–Crippen MR) is 43.7 cm³/mol. The van der Waals surface area contributed by atoms with Crippen LogP contribution in [0.1, 0.15) is 0 Å². The number of nitrogens with one attached hydrogen (secondary N) is 2. The maximum absolute atomic E-state index is 10.9. The summed E-state index contributed by atoms with van der Waals surface area (Å²) < 4.78 is 0. The van der Waals surface area contributed by atoms with Crippen LogP contribution in [0.5, 0.6) is 0 Å². The molecule has 2 amide bonds. The Bertz CT molecular complexity index is 268. The van der Waals surface area contributed by atoms with Crippen molar-refractivity contribution >= 4 is 17.5 Å². The summed E-state index contributed by atoms with van der Waals surface area (Å²) in [6.07, 6.45) is 2.66. The monoisotopic (exact) mass is 167 g/mol. The van der Waals surface area contributed by atoms with Gasteiger partial charge in [0.05, 0.1) is 0 Å². The molecule has 64 valence electrons. The molecule has 12 heavy (non-hydrogen) atoms. The zero-order chi connectivity index (χ0) is 8.97. The summed E-state index contributed by atoms with van der Waals surface area (Å²) in [6.45, 7) is 0.298. The van der Waals surface area contributed by atoms with Gasteiger partial charge in [-0.3, -0.25) is 14.6 Å². The summed E-state index contributed by atoms with van der Waals surface area (Å²) in [5.74, 6) is -0.493. The topological polar surface area (TPSA) is 70.6 Å². The lowest BCUT2D eigenvalue weighted by molar-refractivity contribution is -0.116. The first-order chi connectivity index (χ1) is 5.74. The molecule has 1 heterocycles. The number of nitrogens with zero attached hydrogens (tertiary/aromatic N) is 1. The van der Waals surface area contributed by atoms with Gasteiger partial charge in [0.25, 0.3) is 5.91 Å². The van der Waals surface area contributed by atoms with E-state index in [9.17, 15) is 9.59 Å². The van der Waals surface area contributed by atoms with Crippen molar-refractivity contribution in [1.82, 2.24) is 10.6 Å². The molecule has 0 unspecified atom stereocenters. The molecule has 2 N–H and O–H groups in total. The van der Waals surface area contributed by atoms with Gasteiger partial charge in [0.2, 0.25) is 5.91 Å². The second-order valence-electron chi connectivity index (χ2n) is 2.15. The van der Waals surface area contributed by atoms with Crippen molar-refractivity contribution in [2.24, 2.45) is 4.99 Å². The molecule has 0 aliphatic carbocycles. The molecule has 0 fully saturated rings. The van der Waals surface area contributed by atoms with Crippen molar-refractivity contribution in [2.45, 2.75) is 0 Å². The average Bonchev–Trinajstić information content (AvgIpc) is 2.47. The molecular weight excluding hydrogens is 158 g/mol. The number of aliphatic imine (C=N–C) groups is 1. The lowest BCUT2D eigenvalue weighted by atomic mass is 10.3. The number of carbonyl (C=O) groups excluding carboxylic acids is 2. The molecule has 0 aromatic rings. The highest BCUT2D eigenvalue weighted by atomic mass is 16.2. The number of carbonyl (C=O) groups is 2. The summed E-state index contributed by atoms with van der Waals surface area (Å²) >= 11 is 0. The quantitative estimate of drug-likeness (QED) is 0.508. The zero-order valence-corrected chi connectivity index (χ0v) is 6.63. The lowest BCUT2D eigenvalue weighted by Crippen LogP contribution is -2.22. The van der Waals surface area contributed by atoms with E-state index in [0.717, 1.165) is 0 Å². The lowest BCUT2D eigenvalue weighted by Gasteiger charge is -1.89. The SMILES string of the molecule is CNC(=O)/C=C/C1=NCNC1=O. The third-order valence-electron chi connectivity index (χ3n) is 1.36. The molecule has 0 aromatic carbocycles. The Balaban J connectivity index is 2.56. The molecule has 5 nitrogen and oxygen atoms in total. The third-order valence-corrected chi connectivity index (χ3v) is 1.36. The van der Waals surface area contributed by atoms with Crippen LogP contribution in [-0.2, 0) is 9.59 Å². The zero-order valence-electron chi connectivity index (χ0n) is 6.63. The van der Waals surface area contributed by atoms with E-state index in [2.05, 4.69) is 15.6 Å². The first-order valence-corrected chi connectivity index (χ1v) is 3.46. The van der Waals surface area contributed by atoms with Crippen LogP contribution >= 0.6 is 0 Å². The fraction of sp³-hybridized carbons (Fsp3) is 0.286. The van der Waals surface area contributed by atoms with E-state index >= 15 is 0 Å². The molecule has 0 aromatic heterocycles. The van der Waals surface area contributed by atoms with Crippen LogP contribution in [0.25, 0.3) is 0 Å².